The van der Waals surface area contributed by atoms with Gasteiger partial charge in [0.15, 0.2) is 0 Å². The Morgan fingerprint density at radius 3 is 2.55 bits per heavy atom. The number of rotatable bonds is 3. The molecule has 0 saturated carbocycles. The Labute approximate surface area is 134 Å². The van der Waals surface area contributed by atoms with Crippen molar-refractivity contribution in [3.63, 3.8) is 0 Å². The molecular formula is C19H29NO2. The monoisotopic (exact) mass is 303 g/mol. The highest BCUT2D eigenvalue weighted by Crippen LogP contribution is 2.46. The van der Waals surface area contributed by atoms with Crippen LogP contribution in [0.2, 0.25) is 0 Å². The second-order valence-corrected chi connectivity index (χ2v) is 7.51. The van der Waals surface area contributed by atoms with E-state index in [1.807, 2.05) is 0 Å². The van der Waals surface area contributed by atoms with Crippen molar-refractivity contribution in [2.45, 2.75) is 65.5 Å². The van der Waals surface area contributed by atoms with Gasteiger partial charge in [0.05, 0.1) is 7.11 Å². The van der Waals surface area contributed by atoms with Crippen LogP contribution in [0.3, 0.4) is 0 Å². The van der Waals surface area contributed by atoms with E-state index in [-0.39, 0.29) is 23.5 Å². The zero-order valence-electron chi connectivity index (χ0n) is 14.9. The van der Waals surface area contributed by atoms with E-state index >= 15 is 0 Å². The van der Waals surface area contributed by atoms with E-state index in [0.29, 0.717) is 5.92 Å². The molecule has 1 aromatic carbocycles. The van der Waals surface area contributed by atoms with Crippen molar-refractivity contribution in [1.82, 2.24) is 0 Å². The number of esters is 1. The fourth-order valence-corrected chi connectivity index (χ4v) is 3.98. The molecule has 0 aromatic heterocycles. The zero-order chi connectivity index (χ0) is 16.7. The van der Waals surface area contributed by atoms with Crippen LogP contribution in [-0.4, -0.2) is 24.7 Å². The highest BCUT2D eigenvalue weighted by molar-refractivity contribution is 5.82. The second kappa shape index (κ2) is 5.94. The first-order valence-electron chi connectivity index (χ1n) is 8.17. The maximum Gasteiger partial charge on any atom is 0.328 e. The summed E-state index contributed by atoms with van der Waals surface area (Å²) in [5.41, 5.74) is 3.71. The number of hydrogen-bond acceptors (Lipinski definition) is 3. The lowest BCUT2D eigenvalue weighted by Crippen LogP contribution is -2.58. The van der Waals surface area contributed by atoms with Gasteiger partial charge in [0.25, 0.3) is 0 Å². The molecule has 0 aliphatic carbocycles. The summed E-state index contributed by atoms with van der Waals surface area (Å²) >= 11 is 0. The normalized spacial score (nSPS) is 21.5. The van der Waals surface area contributed by atoms with Crippen LogP contribution in [0.1, 0.15) is 58.1 Å². The van der Waals surface area contributed by atoms with Crippen LogP contribution in [0.5, 0.6) is 0 Å². The predicted octanol–water partition coefficient (Wildman–Crippen LogP) is 4.28. The third-order valence-electron chi connectivity index (χ3n) is 4.85. The standard InChI is InChI=1S/C19H29NO2/c1-12(2)16(18(21)22-7)20-17-13(3)9-8-10-15(17)14(4)11-19(20,5)6/h8-10,12,14,16H,11H2,1-7H3/t14-,16-/m0/s1. The van der Waals surface area contributed by atoms with Crippen LogP contribution in [-0.2, 0) is 9.53 Å². The van der Waals surface area contributed by atoms with Crippen molar-refractivity contribution in [3.8, 4) is 0 Å². The second-order valence-electron chi connectivity index (χ2n) is 7.51. The Morgan fingerprint density at radius 1 is 1.36 bits per heavy atom. The molecule has 1 aliphatic heterocycles. The first kappa shape index (κ1) is 16.9. The highest BCUT2D eigenvalue weighted by atomic mass is 16.5. The Bertz CT molecular complexity index is 563. The summed E-state index contributed by atoms with van der Waals surface area (Å²) in [4.78, 5) is 14.8. The Hall–Kier alpha value is -1.51. The van der Waals surface area contributed by atoms with Gasteiger partial charge in [0.2, 0.25) is 0 Å². The molecule has 3 heteroatoms. The minimum Gasteiger partial charge on any atom is -0.467 e. The van der Waals surface area contributed by atoms with Gasteiger partial charge in [0, 0.05) is 11.2 Å². The van der Waals surface area contributed by atoms with Crippen LogP contribution < -0.4 is 4.90 Å². The van der Waals surface area contributed by atoms with Crippen molar-refractivity contribution < 1.29 is 9.53 Å². The summed E-state index contributed by atoms with van der Waals surface area (Å²) in [6.07, 6.45) is 1.03. The molecule has 2 atom stereocenters. The number of ether oxygens (including phenoxy) is 1. The van der Waals surface area contributed by atoms with Crippen molar-refractivity contribution in [1.29, 1.82) is 0 Å². The molecule has 22 heavy (non-hydrogen) atoms. The van der Waals surface area contributed by atoms with Gasteiger partial charge in [-0.15, -0.1) is 0 Å². The molecule has 0 spiro atoms. The third-order valence-corrected chi connectivity index (χ3v) is 4.85. The van der Waals surface area contributed by atoms with Crippen LogP contribution in [0.15, 0.2) is 18.2 Å². The molecule has 122 valence electrons. The van der Waals surface area contributed by atoms with Crippen molar-refractivity contribution >= 4 is 11.7 Å². The summed E-state index contributed by atoms with van der Waals surface area (Å²) in [5, 5.41) is 0. The van der Waals surface area contributed by atoms with Gasteiger partial charge in [-0.25, -0.2) is 4.79 Å². The van der Waals surface area contributed by atoms with E-state index in [2.05, 4.69) is 64.6 Å². The highest BCUT2D eigenvalue weighted by Gasteiger charge is 2.44. The van der Waals surface area contributed by atoms with Crippen molar-refractivity contribution in [3.05, 3.63) is 29.3 Å². The van der Waals surface area contributed by atoms with Gasteiger partial charge in [-0.05, 0) is 50.2 Å². The predicted molar refractivity (Wildman–Crippen MR) is 91.4 cm³/mol. The van der Waals surface area contributed by atoms with Crippen LogP contribution in [0.4, 0.5) is 5.69 Å². The largest absolute Gasteiger partial charge is 0.467 e. The van der Waals surface area contributed by atoms with E-state index in [4.69, 9.17) is 4.74 Å². The molecule has 0 unspecified atom stereocenters. The summed E-state index contributed by atoms with van der Waals surface area (Å²) in [6.45, 7) is 13.1. The summed E-state index contributed by atoms with van der Waals surface area (Å²) < 4.78 is 5.12. The topological polar surface area (TPSA) is 29.5 Å². The molecule has 1 aliphatic rings. The van der Waals surface area contributed by atoms with Gasteiger partial charge >= 0.3 is 5.97 Å². The molecule has 2 rings (SSSR count). The quantitative estimate of drug-likeness (QED) is 0.780. The summed E-state index contributed by atoms with van der Waals surface area (Å²) in [5.74, 6) is 0.533. The van der Waals surface area contributed by atoms with E-state index in [1.165, 1.54) is 23.9 Å². The molecule has 0 bridgehead atoms. The number of methoxy groups -OCH3 is 1. The van der Waals surface area contributed by atoms with Gasteiger partial charge in [-0.3, -0.25) is 0 Å². The number of hydrogen-bond donors (Lipinski definition) is 0. The first-order chi connectivity index (χ1) is 10.2. The van der Waals surface area contributed by atoms with E-state index in [0.717, 1.165) is 6.42 Å². The van der Waals surface area contributed by atoms with Crippen molar-refractivity contribution in [2.75, 3.05) is 12.0 Å². The van der Waals surface area contributed by atoms with Crippen LogP contribution >= 0.6 is 0 Å². The van der Waals surface area contributed by atoms with Gasteiger partial charge in [-0.1, -0.05) is 39.0 Å². The van der Waals surface area contributed by atoms with Gasteiger partial charge in [0.1, 0.15) is 6.04 Å². The lowest BCUT2D eigenvalue weighted by molar-refractivity contribution is -0.143. The SMILES string of the molecule is COC(=O)[C@H](C(C)C)N1c2c(C)cccc2[C@@H](C)CC1(C)C. The molecule has 1 aromatic rings. The fourth-order valence-electron chi connectivity index (χ4n) is 3.98. The Kier molecular flexibility index (Phi) is 4.55. The Balaban J connectivity index is 2.66. The number of nitrogens with zero attached hydrogens (tertiary/aromatic N) is 1. The molecule has 0 saturated heterocycles. The number of aryl methyl sites for hydroxylation is 1. The number of benzene rings is 1. The van der Waals surface area contributed by atoms with Gasteiger partial charge in [-0.2, -0.15) is 0 Å². The minimum atomic E-state index is -0.257. The van der Waals surface area contributed by atoms with Gasteiger partial charge < -0.3 is 9.64 Å². The number of anilines is 1. The molecule has 0 fully saturated rings. The molecule has 3 nitrogen and oxygen atoms in total. The van der Waals surface area contributed by atoms with Crippen LogP contribution in [0, 0.1) is 12.8 Å². The molecule has 0 amide bonds. The molecule has 0 radical (unpaired) electrons. The number of carbonyl (C=O) groups excluding carboxylic acids is 1. The smallest absolute Gasteiger partial charge is 0.328 e. The fraction of sp³-hybridized carbons (Fsp3) is 0.632. The maximum absolute atomic E-state index is 12.5. The molecular weight excluding hydrogens is 274 g/mol. The molecule has 1 heterocycles. The number of fused-ring (bicyclic) bond motifs is 1. The summed E-state index contributed by atoms with van der Waals surface area (Å²) in [7, 11) is 1.48. The zero-order valence-corrected chi connectivity index (χ0v) is 14.9. The lowest BCUT2D eigenvalue weighted by atomic mass is 9.77. The summed E-state index contributed by atoms with van der Waals surface area (Å²) in [6, 6.07) is 6.19. The van der Waals surface area contributed by atoms with Crippen molar-refractivity contribution in [2.24, 2.45) is 5.92 Å². The average molecular weight is 303 g/mol. The molecule has 0 N–H and O–H groups in total. The maximum atomic E-state index is 12.5. The minimum absolute atomic E-state index is 0.0817. The third kappa shape index (κ3) is 2.73. The van der Waals surface area contributed by atoms with E-state index in [1.54, 1.807) is 0 Å². The first-order valence-corrected chi connectivity index (χ1v) is 8.17. The number of carbonyl (C=O) groups is 1. The number of para-hydroxylation sites is 1. The lowest BCUT2D eigenvalue weighted by Gasteiger charge is -2.52. The Morgan fingerprint density at radius 2 is 2.00 bits per heavy atom. The van der Waals surface area contributed by atoms with Crippen LogP contribution in [0.25, 0.3) is 0 Å². The average Bonchev–Trinajstić information content (AvgIpc) is 2.42. The van der Waals surface area contributed by atoms with E-state index < -0.39 is 0 Å². The van der Waals surface area contributed by atoms with E-state index in [9.17, 15) is 4.79 Å².